The van der Waals surface area contributed by atoms with E-state index >= 15 is 0 Å². The second kappa shape index (κ2) is 3.22. The van der Waals surface area contributed by atoms with E-state index < -0.39 is 0 Å². The molecule has 0 aromatic carbocycles. The van der Waals surface area contributed by atoms with Crippen LogP contribution in [0.3, 0.4) is 0 Å². The summed E-state index contributed by atoms with van der Waals surface area (Å²) in [5, 5.41) is 10.8. The van der Waals surface area contributed by atoms with Crippen LogP contribution in [0.1, 0.15) is 47.0 Å². The lowest BCUT2D eigenvalue weighted by Crippen LogP contribution is -2.59. The maximum absolute atomic E-state index is 4.22. The summed E-state index contributed by atoms with van der Waals surface area (Å²) >= 11 is 0. The van der Waals surface area contributed by atoms with E-state index in [1.54, 1.807) is 0 Å². The highest BCUT2D eigenvalue weighted by atomic mass is 15.4. The molecular weight excluding hydrogens is 188 g/mol. The minimum absolute atomic E-state index is 0.165. The molecule has 0 bridgehead atoms. The van der Waals surface area contributed by atoms with Gasteiger partial charge in [0.1, 0.15) is 0 Å². The van der Waals surface area contributed by atoms with Gasteiger partial charge in [0, 0.05) is 11.1 Å². The maximum Gasteiger partial charge on any atom is 0.171 e. The Morgan fingerprint density at radius 2 is 1.80 bits per heavy atom. The van der Waals surface area contributed by atoms with E-state index in [0.29, 0.717) is 0 Å². The van der Waals surface area contributed by atoms with Crippen LogP contribution in [0, 0.1) is 0 Å². The second-order valence-corrected chi connectivity index (χ2v) is 5.64. The lowest BCUT2D eigenvalue weighted by Gasteiger charge is -2.53. The highest BCUT2D eigenvalue weighted by Crippen LogP contribution is 2.40. The molecule has 2 rings (SSSR count). The van der Waals surface area contributed by atoms with E-state index in [2.05, 4.69) is 48.0 Å². The van der Waals surface area contributed by atoms with Gasteiger partial charge in [0.2, 0.25) is 0 Å². The number of aromatic nitrogens is 3. The van der Waals surface area contributed by atoms with Gasteiger partial charge in [-0.3, -0.25) is 0 Å². The lowest BCUT2D eigenvalue weighted by atomic mass is 9.80. The van der Waals surface area contributed by atoms with E-state index in [1.165, 1.54) is 19.3 Å². The van der Waals surface area contributed by atoms with Crippen molar-refractivity contribution in [1.29, 1.82) is 0 Å². The number of hydrogen-bond donors (Lipinski definition) is 1. The molecule has 15 heavy (non-hydrogen) atoms. The number of anilines is 1. The van der Waals surface area contributed by atoms with E-state index in [9.17, 15) is 0 Å². The third-order valence-electron chi connectivity index (χ3n) is 3.42. The van der Waals surface area contributed by atoms with Gasteiger partial charge in [-0.05, 0) is 47.0 Å². The molecule has 1 fully saturated rings. The molecule has 0 amide bonds. The molecule has 0 atom stereocenters. The van der Waals surface area contributed by atoms with Crippen molar-refractivity contribution in [3.63, 3.8) is 0 Å². The molecule has 1 aromatic rings. The van der Waals surface area contributed by atoms with Gasteiger partial charge in [0.25, 0.3) is 0 Å². The fourth-order valence-corrected chi connectivity index (χ4v) is 2.92. The Balaban J connectivity index is 2.39. The average molecular weight is 208 g/mol. The van der Waals surface area contributed by atoms with Gasteiger partial charge < -0.3 is 4.90 Å². The Morgan fingerprint density at radius 3 is 2.27 bits per heavy atom. The van der Waals surface area contributed by atoms with Crippen LogP contribution in [-0.2, 0) is 0 Å². The van der Waals surface area contributed by atoms with Gasteiger partial charge in [-0.25, -0.2) is 0 Å². The van der Waals surface area contributed by atoms with Crippen LogP contribution in [0.4, 0.5) is 5.82 Å². The Hall–Kier alpha value is -1.06. The van der Waals surface area contributed by atoms with Crippen molar-refractivity contribution < 1.29 is 0 Å². The molecule has 1 N–H and O–H groups in total. The lowest BCUT2D eigenvalue weighted by molar-refractivity contribution is 0.242. The number of aromatic amines is 1. The first-order valence-electron chi connectivity index (χ1n) is 5.60. The zero-order chi connectivity index (χ0) is 11.1. The van der Waals surface area contributed by atoms with E-state index in [0.717, 1.165) is 5.82 Å². The van der Waals surface area contributed by atoms with Crippen LogP contribution in [0.15, 0.2) is 6.20 Å². The van der Waals surface area contributed by atoms with Crippen LogP contribution in [0.25, 0.3) is 0 Å². The fourth-order valence-electron chi connectivity index (χ4n) is 2.92. The average Bonchev–Trinajstić information content (AvgIpc) is 2.53. The molecule has 0 unspecified atom stereocenters. The summed E-state index contributed by atoms with van der Waals surface area (Å²) in [6.45, 7) is 9.12. The molecule has 0 saturated carbocycles. The van der Waals surface area contributed by atoms with Crippen LogP contribution < -0.4 is 4.90 Å². The summed E-state index contributed by atoms with van der Waals surface area (Å²) in [7, 11) is 0. The highest BCUT2D eigenvalue weighted by molar-refractivity contribution is 5.43. The Kier molecular flexibility index (Phi) is 2.24. The first-order valence-corrected chi connectivity index (χ1v) is 5.60. The van der Waals surface area contributed by atoms with Crippen molar-refractivity contribution >= 4 is 5.82 Å². The minimum Gasteiger partial charge on any atom is -0.344 e. The van der Waals surface area contributed by atoms with Gasteiger partial charge in [-0.1, -0.05) is 0 Å². The number of piperidine rings is 1. The molecule has 2 heterocycles. The zero-order valence-corrected chi connectivity index (χ0v) is 10.0. The molecule has 1 aliphatic rings. The van der Waals surface area contributed by atoms with Crippen molar-refractivity contribution in [2.24, 2.45) is 0 Å². The summed E-state index contributed by atoms with van der Waals surface area (Å²) in [6.07, 6.45) is 5.52. The van der Waals surface area contributed by atoms with Gasteiger partial charge >= 0.3 is 0 Å². The quantitative estimate of drug-likeness (QED) is 0.770. The zero-order valence-electron chi connectivity index (χ0n) is 10.0. The van der Waals surface area contributed by atoms with Crippen molar-refractivity contribution in [3.8, 4) is 0 Å². The molecule has 1 aromatic heterocycles. The van der Waals surface area contributed by atoms with Crippen molar-refractivity contribution in [2.75, 3.05) is 4.90 Å². The van der Waals surface area contributed by atoms with Crippen molar-refractivity contribution in [1.82, 2.24) is 15.4 Å². The van der Waals surface area contributed by atoms with Crippen LogP contribution >= 0.6 is 0 Å². The molecule has 0 aliphatic carbocycles. The van der Waals surface area contributed by atoms with E-state index in [1.807, 2.05) is 6.20 Å². The minimum atomic E-state index is 0.165. The molecule has 4 nitrogen and oxygen atoms in total. The van der Waals surface area contributed by atoms with Gasteiger partial charge in [0.15, 0.2) is 5.82 Å². The summed E-state index contributed by atoms with van der Waals surface area (Å²) in [5.41, 5.74) is 0.331. The Morgan fingerprint density at radius 1 is 1.20 bits per heavy atom. The molecule has 84 valence electrons. The smallest absolute Gasteiger partial charge is 0.171 e. The van der Waals surface area contributed by atoms with E-state index in [-0.39, 0.29) is 11.1 Å². The predicted octanol–water partition coefficient (Wildman–Crippen LogP) is 2.35. The van der Waals surface area contributed by atoms with Crippen molar-refractivity contribution in [2.45, 2.75) is 58.0 Å². The van der Waals surface area contributed by atoms with E-state index in [4.69, 9.17) is 0 Å². The number of rotatable bonds is 1. The molecule has 0 spiro atoms. The van der Waals surface area contributed by atoms with Gasteiger partial charge in [0.05, 0.1) is 6.20 Å². The summed E-state index contributed by atoms with van der Waals surface area (Å²) in [5.74, 6) is 0.963. The van der Waals surface area contributed by atoms with Crippen LogP contribution in [0.2, 0.25) is 0 Å². The largest absolute Gasteiger partial charge is 0.344 e. The van der Waals surface area contributed by atoms with Gasteiger partial charge in [-0.2, -0.15) is 10.3 Å². The predicted molar refractivity (Wildman–Crippen MR) is 60.9 cm³/mol. The number of nitrogens with zero attached hydrogens (tertiary/aromatic N) is 3. The maximum atomic E-state index is 4.22. The second-order valence-electron chi connectivity index (χ2n) is 5.64. The number of H-pyrrole nitrogens is 1. The van der Waals surface area contributed by atoms with Gasteiger partial charge in [-0.15, -0.1) is 5.10 Å². The Bertz CT molecular complexity index is 310. The summed E-state index contributed by atoms with van der Waals surface area (Å²) in [6, 6.07) is 0. The molecular formula is C11H20N4. The SMILES string of the molecule is CC1(C)CCCC(C)(C)N1c1cn[nH]n1. The Labute approximate surface area is 91.1 Å². The van der Waals surface area contributed by atoms with Crippen LogP contribution in [-0.4, -0.2) is 26.5 Å². The molecule has 1 saturated heterocycles. The third-order valence-corrected chi connectivity index (χ3v) is 3.42. The summed E-state index contributed by atoms with van der Waals surface area (Å²) in [4.78, 5) is 2.40. The topological polar surface area (TPSA) is 44.8 Å². The highest BCUT2D eigenvalue weighted by Gasteiger charge is 2.42. The number of nitrogens with one attached hydrogen (secondary N) is 1. The molecule has 0 radical (unpaired) electrons. The van der Waals surface area contributed by atoms with Crippen LogP contribution in [0.5, 0.6) is 0 Å². The monoisotopic (exact) mass is 208 g/mol. The third kappa shape index (κ3) is 1.73. The standard InChI is InChI=1S/C11H20N4/c1-10(2)6-5-7-11(3,4)15(10)9-8-12-14-13-9/h8H,5-7H2,1-4H3,(H,12,13,14). The first kappa shape index (κ1) is 10.5. The molecule has 4 heteroatoms. The van der Waals surface area contributed by atoms with Crippen molar-refractivity contribution in [3.05, 3.63) is 6.20 Å². The fraction of sp³-hybridized carbons (Fsp3) is 0.818. The summed E-state index contributed by atoms with van der Waals surface area (Å²) < 4.78 is 0. The number of hydrogen-bond acceptors (Lipinski definition) is 3. The first-order chi connectivity index (χ1) is 6.93. The molecule has 1 aliphatic heterocycles. The normalized spacial score (nSPS) is 24.1.